The molecule has 0 aliphatic carbocycles. The number of esters is 1. The summed E-state index contributed by atoms with van der Waals surface area (Å²) >= 11 is 0.802. The van der Waals surface area contributed by atoms with E-state index in [9.17, 15) is 17.6 Å². The molecule has 0 saturated carbocycles. The Kier molecular flexibility index (Phi) is 7.31. The molecule has 0 bridgehead atoms. The van der Waals surface area contributed by atoms with Gasteiger partial charge in [-0.1, -0.05) is 0 Å². The van der Waals surface area contributed by atoms with Gasteiger partial charge in [0.1, 0.15) is 12.6 Å². The van der Waals surface area contributed by atoms with Crippen LogP contribution in [0.5, 0.6) is 0 Å². The predicted octanol–water partition coefficient (Wildman–Crippen LogP) is 0.462. The summed E-state index contributed by atoms with van der Waals surface area (Å²) in [6.45, 7) is 1.77. The fourth-order valence-corrected chi connectivity index (χ4v) is 0.639. The molecule has 1 atom stereocenters. The molecular weight excluding hydrogens is 421 g/mol. The molecule has 0 heterocycles. The van der Waals surface area contributed by atoms with Crippen molar-refractivity contribution >= 4 is 38.7 Å². The third-order valence-corrected chi connectivity index (χ3v) is 3.75. The third-order valence-electron chi connectivity index (χ3n) is 0.893. The number of hydrogen-bond donors (Lipinski definition) is 1. The first-order chi connectivity index (χ1) is 5.70. The van der Waals surface area contributed by atoms with E-state index in [1.54, 1.807) is 6.08 Å². The van der Waals surface area contributed by atoms with Crippen molar-refractivity contribution in [3.05, 3.63) is 12.7 Å². The first-order valence-electron chi connectivity index (χ1n) is 2.75. The Bertz CT molecular complexity index is 314. The monoisotopic (exact) mass is 426 g/mol. The Labute approximate surface area is 107 Å². The Hall–Kier alpha value is 0.403. The molecule has 0 aliphatic rings. The summed E-state index contributed by atoms with van der Waals surface area (Å²) in [7, 11) is -4.91. The van der Waals surface area contributed by atoms with E-state index >= 15 is 0 Å². The minimum atomic E-state index is -4.91. The van der Waals surface area contributed by atoms with Crippen LogP contribution < -0.4 is 0 Å². The summed E-state index contributed by atoms with van der Waals surface area (Å²) in [5, 5.41) is 0. The minimum absolute atomic E-state index is 0. The van der Waals surface area contributed by atoms with Gasteiger partial charge in [-0.2, -0.15) is 8.42 Å². The predicted molar refractivity (Wildman–Crippen MR) is 49.2 cm³/mol. The molecule has 0 fully saturated rings. The maximum atomic E-state index is 12.9. The third kappa shape index (κ3) is 5.33. The van der Waals surface area contributed by atoms with Gasteiger partial charge in [-0.25, -0.2) is 4.39 Å². The zero-order chi connectivity index (χ0) is 10.7. The fourth-order valence-electron chi connectivity index (χ4n) is 0.275. The molecule has 0 spiro atoms. The summed E-state index contributed by atoms with van der Waals surface area (Å²) in [5.74, 6) is -1.10. The van der Waals surface area contributed by atoms with Crippen molar-refractivity contribution in [2.45, 2.75) is 3.01 Å². The number of halogens is 2. The number of carbonyl (C=O) groups is 1. The Balaban J connectivity index is 0. The molecule has 0 saturated heterocycles. The van der Waals surface area contributed by atoms with Crippen LogP contribution in [0.25, 0.3) is 0 Å². The molecule has 1 radical (unpaired) electrons. The van der Waals surface area contributed by atoms with Crippen LogP contribution in [0.4, 0.5) is 4.39 Å². The van der Waals surface area contributed by atoms with Gasteiger partial charge in [0.25, 0.3) is 0 Å². The number of rotatable bonds is 4. The summed E-state index contributed by atoms with van der Waals surface area (Å²) in [6, 6.07) is 0. The van der Waals surface area contributed by atoms with Crippen LogP contribution in [0.2, 0.25) is 0 Å². The van der Waals surface area contributed by atoms with Crippen LogP contribution in [-0.2, 0) is 39.1 Å². The molecule has 1 N–H and O–H groups in total. The quantitative estimate of drug-likeness (QED) is 0.135. The number of ether oxygens (including phenoxy) is 1. The number of alkyl halides is 2. The molecule has 9 heteroatoms. The van der Waals surface area contributed by atoms with E-state index in [4.69, 9.17) is 4.55 Å². The average molecular weight is 426 g/mol. The van der Waals surface area contributed by atoms with E-state index in [2.05, 4.69) is 11.3 Å². The van der Waals surface area contributed by atoms with Gasteiger partial charge < -0.3 is 10.8 Å². The second-order valence-corrected chi connectivity index (χ2v) is 5.90. The molecule has 0 aromatic carbocycles. The van der Waals surface area contributed by atoms with Gasteiger partial charge in [0.05, 0.1) is 0 Å². The molecule has 0 rings (SSSR count). The van der Waals surface area contributed by atoms with Crippen molar-refractivity contribution in [3.8, 4) is 0 Å². The number of carbonyl (C=O) groups excluding carboxylic acids is 1. The maximum Gasteiger partial charge on any atom is 0.317 e. The zero-order valence-corrected chi connectivity index (χ0v) is 11.1. The molecule has 5 nitrogen and oxygen atoms in total. The first kappa shape index (κ1) is 16.8. The maximum absolute atomic E-state index is 12.9. The minimum Gasteiger partial charge on any atom is -0.484 e. The van der Waals surface area contributed by atoms with Crippen LogP contribution in [0.1, 0.15) is 0 Å². The van der Waals surface area contributed by atoms with Gasteiger partial charge in [0, 0.05) is 19.5 Å². The molecule has 0 amide bonds. The standard InChI is InChI=1S/C5H5FIO5S.Rh/c1-2-4(8)12-3-5(6,7)13(9,10)11;/h1,3H2,(H,9,10,11);/q-1;. The second-order valence-electron chi connectivity index (χ2n) is 1.87. The van der Waals surface area contributed by atoms with E-state index in [1.165, 1.54) is 0 Å². The van der Waals surface area contributed by atoms with Crippen LogP contribution in [-0.4, -0.2) is 28.6 Å². The summed E-state index contributed by atoms with van der Waals surface area (Å²) < 4.78 is 42.8. The summed E-state index contributed by atoms with van der Waals surface area (Å²) in [5.41, 5.74) is 0. The summed E-state index contributed by atoms with van der Waals surface area (Å²) in [4.78, 5) is 10.3. The van der Waals surface area contributed by atoms with Crippen molar-refractivity contribution in [3.63, 3.8) is 0 Å². The Morgan fingerprint density at radius 2 is 2.14 bits per heavy atom. The zero-order valence-electron chi connectivity index (χ0n) is 6.49. The van der Waals surface area contributed by atoms with E-state index < -0.39 is 25.7 Å². The van der Waals surface area contributed by atoms with Crippen LogP contribution in [0, 0.1) is 6.08 Å². The van der Waals surface area contributed by atoms with Gasteiger partial charge >= 0.3 is 13.1 Å². The SMILES string of the molecule is C=[C-]C(=O)OCC(F)(I)S(=O)(=O)O.[Rh]. The fraction of sp³-hybridized carbons (Fsp3) is 0.400. The van der Waals surface area contributed by atoms with Crippen molar-refractivity contribution in [1.82, 2.24) is 0 Å². The number of hydrogen-bond acceptors (Lipinski definition) is 4. The molecule has 0 aromatic heterocycles. The van der Waals surface area contributed by atoms with E-state index in [1.807, 2.05) is 0 Å². The second kappa shape index (κ2) is 6.09. The van der Waals surface area contributed by atoms with E-state index in [-0.39, 0.29) is 19.5 Å². The normalized spacial score (nSPS) is 14.8. The molecular formula is C5H5FIO5RhS-. The van der Waals surface area contributed by atoms with E-state index in [0.717, 1.165) is 22.6 Å². The average Bonchev–Trinajstić information content (AvgIpc) is 1.98. The summed E-state index contributed by atoms with van der Waals surface area (Å²) in [6.07, 6.45) is 1.73. The van der Waals surface area contributed by atoms with Gasteiger partial charge in [-0.15, -0.1) is 0 Å². The first-order valence-corrected chi connectivity index (χ1v) is 5.27. The van der Waals surface area contributed by atoms with Crippen LogP contribution in [0.15, 0.2) is 6.58 Å². The van der Waals surface area contributed by atoms with Gasteiger partial charge in [0.15, 0.2) is 0 Å². The van der Waals surface area contributed by atoms with Crippen molar-refractivity contribution in [2.24, 2.45) is 0 Å². The Morgan fingerprint density at radius 1 is 1.71 bits per heavy atom. The molecule has 85 valence electrons. The van der Waals surface area contributed by atoms with Gasteiger partial charge in [0.2, 0.25) is 0 Å². The Morgan fingerprint density at radius 3 is 2.43 bits per heavy atom. The van der Waals surface area contributed by atoms with E-state index in [0.29, 0.717) is 0 Å². The van der Waals surface area contributed by atoms with Crippen molar-refractivity contribution in [1.29, 1.82) is 0 Å². The molecule has 14 heavy (non-hydrogen) atoms. The van der Waals surface area contributed by atoms with Crippen LogP contribution >= 0.6 is 22.6 Å². The largest absolute Gasteiger partial charge is 0.484 e. The molecule has 0 aromatic rings. The van der Waals surface area contributed by atoms with Crippen LogP contribution in [0.3, 0.4) is 0 Å². The van der Waals surface area contributed by atoms with Gasteiger partial charge in [-0.3, -0.25) is 15.9 Å². The molecule has 1 unspecified atom stereocenters. The van der Waals surface area contributed by atoms with Gasteiger partial charge in [-0.05, 0) is 22.6 Å². The van der Waals surface area contributed by atoms with Crippen molar-refractivity contribution in [2.75, 3.05) is 6.61 Å². The molecule has 0 aliphatic heterocycles. The van der Waals surface area contributed by atoms with Crippen molar-refractivity contribution < 1.29 is 46.4 Å². The smallest absolute Gasteiger partial charge is 0.317 e. The topological polar surface area (TPSA) is 80.7 Å².